The van der Waals surface area contributed by atoms with Gasteiger partial charge < -0.3 is 9.47 Å². The zero-order valence-corrected chi connectivity index (χ0v) is 29.1. The first-order valence-corrected chi connectivity index (χ1v) is 18.5. The molecule has 248 valence electrons. The van der Waals surface area contributed by atoms with E-state index in [1.807, 2.05) is 0 Å². The van der Waals surface area contributed by atoms with Crippen LogP contribution in [0.4, 0.5) is 0 Å². The smallest absolute Gasteiger partial charge is 0.302 e. The second kappa shape index (κ2) is 10.5. The fourth-order valence-corrected chi connectivity index (χ4v) is 14.1. The monoisotopic (exact) mass is 610 g/mol. The van der Waals surface area contributed by atoms with Gasteiger partial charge in [-0.15, -0.1) is 0 Å². The third-order valence-corrected chi connectivity index (χ3v) is 16.4. The maximum absolute atomic E-state index is 12.0. The maximum atomic E-state index is 12.0. The number of carbonyl (C=O) groups excluding carboxylic acids is 1. The van der Waals surface area contributed by atoms with Gasteiger partial charge in [-0.25, -0.2) is 9.78 Å². The fourth-order valence-electron chi connectivity index (χ4n) is 14.1. The summed E-state index contributed by atoms with van der Waals surface area (Å²) in [5, 5.41) is 0. The Hall–Kier alpha value is -0.910. The van der Waals surface area contributed by atoms with Gasteiger partial charge in [0.1, 0.15) is 11.7 Å². The van der Waals surface area contributed by atoms with E-state index in [9.17, 15) is 4.79 Å². The number of hydrogen-bond donors (Lipinski definition) is 0. The van der Waals surface area contributed by atoms with Crippen LogP contribution in [0.5, 0.6) is 0 Å². The van der Waals surface area contributed by atoms with Crippen molar-refractivity contribution in [2.45, 2.75) is 163 Å². The van der Waals surface area contributed by atoms with Gasteiger partial charge in [0.25, 0.3) is 0 Å². The third-order valence-electron chi connectivity index (χ3n) is 16.4. The highest BCUT2D eigenvalue weighted by Gasteiger charge is 2.72. The summed E-state index contributed by atoms with van der Waals surface area (Å²) in [6.45, 7) is 22.0. The van der Waals surface area contributed by atoms with Gasteiger partial charge in [-0.2, -0.15) is 0 Å². The fraction of sp³-hybridized carbons (Fsp3) is 0.923. The highest BCUT2D eigenvalue weighted by molar-refractivity contribution is 5.66. The SMILES string of the molecule is C=C(C)[C@@H]1CC[C@]2(C3OCC4(CCCCC4)OO3)CC[C@]3(C)[C@H](CC[C@@H]4[C@@]5(C)CC[C@H](OC(C)=O)C(C)(C)[C@@H]5CC[C@]43C)[C@@H]12. The van der Waals surface area contributed by atoms with Gasteiger partial charge in [0, 0.05) is 17.8 Å². The van der Waals surface area contributed by atoms with Crippen LogP contribution < -0.4 is 0 Å². The zero-order chi connectivity index (χ0) is 31.3. The molecule has 0 N–H and O–H groups in total. The van der Waals surface area contributed by atoms with Crippen LogP contribution in [-0.2, 0) is 24.0 Å². The van der Waals surface area contributed by atoms with Crippen LogP contribution in [0.25, 0.3) is 0 Å². The van der Waals surface area contributed by atoms with Crippen molar-refractivity contribution in [3.63, 3.8) is 0 Å². The highest BCUT2D eigenvalue weighted by Crippen LogP contribution is 2.78. The van der Waals surface area contributed by atoms with Crippen molar-refractivity contribution >= 4 is 5.97 Å². The van der Waals surface area contributed by atoms with Crippen molar-refractivity contribution in [3.05, 3.63) is 12.2 Å². The molecule has 0 bridgehead atoms. The predicted octanol–water partition coefficient (Wildman–Crippen LogP) is 9.58. The van der Waals surface area contributed by atoms with Crippen molar-refractivity contribution in [3.8, 4) is 0 Å². The molecule has 6 saturated carbocycles. The summed E-state index contributed by atoms with van der Waals surface area (Å²) in [4.78, 5) is 24.9. The number of esters is 1. The molecule has 1 spiro atoms. The minimum absolute atomic E-state index is 0.00132. The van der Waals surface area contributed by atoms with Crippen molar-refractivity contribution in [1.82, 2.24) is 0 Å². The Bertz CT molecular complexity index is 1150. The lowest BCUT2D eigenvalue weighted by Gasteiger charge is -2.73. The Morgan fingerprint density at radius 1 is 0.773 bits per heavy atom. The van der Waals surface area contributed by atoms with Gasteiger partial charge in [-0.3, -0.25) is 4.79 Å². The molecule has 0 aromatic heterocycles. The molecule has 6 aliphatic carbocycles. The molecule has 7 fully saturated rings. The molecule has 1 aliphatic heterocycles. The number of rotatable bonds is 3. The number of carbonyl (C=O) groups is 1. The lowest BCUT2D eigenvalue weighted by Crippen LogP contribution is -2.67. The average Bonchev–Trinajstić information content (AvgIpc) is 3.37. The summed E-state index contributed by atoms with van der Waals surface area (Å²) in [7, 11) is 0. The van der Waals surface area contributed by atoms with E-state index in [2.05, 4.69) is 48.1 Å². The van der Waals surface area contributed by atoms with Crippen LogP contribution in [0.1, 0.15) is 145 Å². The van der Waals surface area contributed by atoms with Crippen LogP contribution in [0.3, 0.4) is 0 Å². The molecule has 5 heteroatoms. The van der Waals surface area contributed by atoms with Gasteiger partial charge in [-0.05, 0) is 130 Å². The summed E-state index contributed by atoms with van der Waals surface area (Å²) in [6, 6.07) is 0. The summed E-state index contributed by atoms with van der Waals surface area (Å²) in [6.07, 6.45) is 17.7. The van der Waals surface area contributed by atoms with Crippen LogP contribution >= 0.6 is 0 Å². The van der Waals surface area contributed by atoms with Crippen LogP contribution in [-0.4, -0.2) is 30.6 Å². The second-order valence-corrected chi connectivity index (χ2v) is 18.4. The van der Waals surface area contributed by atoms with Crippen molar-refractivity contribution in [2.75, 3.05) is 6.61 Å². The Morgan fingerprint density at radius 3 is 2.18 bits per heavy atom. The molecule has 1 unspecified atom stereocenters. The topological polar surface area (TPSA) is 54.0 Å². The Labute approximate surface area is 267 Å². The van der Waals surface area contributed by atoms with E-state index < -0.39 is 0 Å². The molecule has 0 radical (unpaired) electrons. The first-order chi connectivity index (χ1) is 20.7. The van der Waals surface area contributed by atoms with Gasteiger partial charge >= 0.3 is 5.97 Å². The largest absolute Gasteiger partial charge is 0.462 e. The molecular formula is C39H62O5. The maximum Gasteiger partial charge on any atom is 0.302 e. The molecular weight excluding hydrogens is 548 g/mol. The number of hydrogen-bond acceptors (Lipinski definition) is 5. The molecule has 1 saturated heterocycles. The van der Waals surface area contributed by atoms with Crippen molar-refractivity contribution in [2.24, 2.45) is 56.7 Å². The zero-order valence-electron chi connectivity index (χ0n) is 29.1. The summed E-state index contributed by atoms with van der Waals surface area (Å²) in [5.41, 5.74) is 1.98. The Kier molecular flexibility index (Phi) is 7.59. The first kappa shape index (κ1) is 31.7. The van der Waals surface area contributed by atoms with Crippen LogP contribution in [0, 0.1) is 56.7 Å². The second-order valence-electron chi connectivity index (χ2n) is 18.4. The summed E-state index contributed by atoms with van der Waals surface area (Å²) >= 11 is 0. The summed E-state index contributed by atoms with van der Waals surface area (Å²) in [5.74, 6) is 2.86. The quantitative estimate of drug-likeness (QED) is 0.181. The lowest BCUT2D eigenvalue weighted by atomic mass is 9.32. The third kappa shape index (κ3) is 4.29. The average molecular weight is 611 g/mol. The van der Waals surface area contributed by atoms with Crippen molar-refractivity contribution < 1.29 is 24.0 Å². The molecule has 11 atom stereocenters. The minimum atomic E-state index is -0.259. The minimum Gasteiger partial charge on any atom is -0.462 e. The van der Waals surface area contributed by atoms with E-state index in [-0.39, 0.29) is 51.0 Å². The number of allylic oxidation sites excluding steroid dienone is 1. The normalized spacial score (nSPS) is 50.9. The van der Waals surface area contributed by atoms with E-state index in [0.29, 0.717) is 36.2 Å². The molecule has 44 heavy (non-hydrogen) atoms. The first-order valence-electron chi connectivity index (χ1n) is 18.5. The van der Waals surface area contributed by atoms with E-state index >= 15 is 0 Å². The molecule has 0 aromatic rings. The van der Waals surface area contributed by atoms with Gasteiger partial charge in [0.2, 0.25) is 0 Å². The Balaban J connectivity index is 1.19. The molecule has 1 heterocycles. The molecule has 7 aliphatic rings. The van der Waals surface area contributed by atoms with E-state index in [4.69, 9.17) is 19.2 Å². The van der Waals surface area contributed by atoms with Gasteiger partial charge in [0.15, 0.2) is 6.29 Å². The summed E-state index contributed by atoms with van der Waals surface area (Å²) < 4.78 is 12.8. The van der Waals surface area contributed by atoms with E-state index in [0.717, 1.165) is 32.1 Å². The van der Waals surface area contributed by atoms with E-state index in [1.54, 1.807) is 6.92 Å². The molecule has 0 amide bonds. The van der Waals surface area contributed by atoms with E-state index in [1.165, 1.54) is 69.8 Å². The lowest BCUT2D eigenvalue weighted by molar-refractivity contribution is -0.498. The van der Waals surface area contributed by atoms with Crippen molar-refractivity contribution in [1.29, 1.82) is 0 Å². The van der Waals surface area contributed by atoms with Crippen LogP contribution in [0.15, 0.2) is 12.2 Å². The number of ether oxygens (including phenoxy) is 2. The van der Waals surface area contributed by atoms with Gasteiger partial charge in [-0.1, -0.05) is 66.0 Å². The molecule has 5 nitrogen and oxygen atoms in total. The number of fused-ring (bicyclic) bond motifs is 7. The predicted molar refractivity (Wildman–Crippen MR) is 172 cm³/mol. The van der Waals surface area contributed by atoms with Gasteiger partial charge in [0.05, 0.1) is 6.61 Å². The Morgan fingerprint density at radius 2 is 1.52 bits per heavy atom. The van der Waals surface area contributed by atoms with Crippen LogP contribution in [0.2, 0.25) is 0 Å². The molecule has 0 aromatic carbocycles. The molecule has 7 rings (SSSR count). The highest BCUT2D eigenvalue weighted by atomic mass is 17.2. The standard InChI is InChI=1S/C39H62O5/c1-25(2)27-14-21-39(33-41-24-38(44-43-33)17-10-9-11-18-38)23-22-36(7)28(32(27)39)12-13-30-35(6)19-16-31(42-26(3)40)34(4,5)29(35)15-20-37(30,36)8/h27-33H,1,9-24H2,2-8H3/t27-,28+,29-,30+,31-,32+,33?,35-,36+,37+,39-/m0/s1.